The topological polar surface area (TPSA) is 35.5 Å². The predicted molar refractivity (Wildman–Crippen MR) is 130 cm³/mol. The Bertz CT molecular complexity index is 761. The maximum Gasteiger partial charge on any atom is 0.331 e. The monoisotopic (exact) mass is 444 g/mol. The quantitative estimate of drug-likeness (QED) is 0.381. The molecule has 4 heteroatoms. The van der Waals surface area contributed by atoms with Crippen molar-refractivity contribution in [2.24, 2.45) is 17.8 Å². The average molecular weight is 445 g/mol. The van der Waals surface area contributed by atoms with Crippen molar-refractivity contribution in [3.63, 3.8) is 0 Å². The Labute approximate surface area is 189 Å². The van der Waals surface area contributed by atoms with Crippen LogP contribution in [0.3, 0.4) is 0 Å². The minimum atomic E-state index is -3.13. The van der Waals surface area contributed by atoms with Crippen LogP contribution in [0.2, 0.25) is 0 Å². The zero-order valence-corrected chi connectivity index (χ0v) is 20.5. The summed E-state index contributed by atoms with van der Waals surface area (Å²) < 4.78 is 25.4. The maximum atomic E-state index is 13.8. The van der Waals surface area contributed by atoms with Crippen molar-refractivity contribution in [2.75, 3.05) is 19.4 Å². The molecule has 0 aliphatic heterocycles. The van der Waals surface area contributed by atoms with Crippen LogP contribution >= 0.6 is 7.60 Å². The summed E-state index contributed by atoms with van der Waals surface area (Å²) in [5.41, 5.74) is 2.94. The standard InChI is InChI=1S/C27H41O3P/c1-3-29-31(28,30-4-2)21-25-20-19-22-13-11-12-18-26(22)27(25,23-14-7-5-8-15-23)24-16-9-6-10-17-24/h11-13,18-20,23-25H,3-10,14-17,21H2,1-2H3. The molecule has 0 aromatic heterocycles. The zero-order valence-electron chi connectivity index (χ0n) is 19.6. The van der Waals surface area contributed by atoms with Crippen molar-refractivity contribution >= 4 is 13.7 Å². The number of benzene rings is 1. The van der Waals surface area contributed by atoms with Crippen LogP contribution < -0.4 is 0 Å². The molecule has 0 saturated heterocycles. The van der Waals surface area contributed by atoms with E-state index in [1.165, 1.54) is 75.3 Å². The molecule has 3 aliphatic carbocycles. The van der Waals surface area contributed by atoms with E-state index in [0.29, 0.717) is 31.2 Å². The molecule has 0 radical (unpaired) electrons. The van der Waals surface area contributed by atoms with Gasteiger partial charge in [0.15, 0.2) is 0 Å². The highest BCUT2D eigenvalue weighted by molar-refractivity contribution is 7.53. The Morgan fingerprint density at radius 2 is 1.42 bits per heavy atom. The third kappa shape index (κ3) is 4.61. The van der Waals surface area contributed by atoms with E-state index in [4.69, 9.17) is 9.05 Å². The lowest BCUT2D eigenvalue weighted by Crippen LogP contribution is -2.52. The summed E-state index contributed by atoms with van der Waals surface area (Å²) in [5, 5.41) is 0. The van der Waals surface area contributed by atoms with Gasteiger partial charge in [0, 0.05) is 5.41 Å². The van der Waals surface area contributed by atoms with Gasteiger partial charge < -0.3 is 9.05 Å². The SMILES string of the molecule is CCOP(=O)(CC1C=Cc2ccccc2C1(C1CCCCC1)C1CCCCC1)OCC. The average Bonchev–Trinajstić information content (AvgIpc) is 2.80. The van der Waals surface area contributed by atoms with Gasteiger partial charge in [-0.1, -0.05) is 74.9 Å². The first-order valence-electron chi connectivity index (χ1n) is 12.8. The van der Waals surface area contributed by atoms with Crippen LogP contribution in [0.1, 0.15) is 89.2 Å². The van der Waals surface area contributed by atoms with Crippen molar-refractivity contribution in [3.05, 3.63) is 41.5 Å². The van der Waals surface area contributed by atoms with E-state index >= 15 is 0 Å². The molecular formula is C27H41O3P. The minimum absolute atomic E-state index is 0.0516. The van der Waals surface area contributed by atoms with E-state index in [9.17, 15) is 4.57 Å². The van der Waals surface area contributed by atoms with Gasteiger partial charge in [-0.2, -0.15) is 0 Å². The van der Waals surface area contributed by atoms with Crippen LogP contribution in [0.15, 0.2) is 30.3 Å². The zero-order chi connectivity index (χ0) is 21.7. The molecule has 0 N–H and O–H groups in total. The summed E-state index contributed by atoms with van der Waals surface area (Å²) in [5.74, 6) is 1.51. The molecule has 0 bridgehead atoms. The first-order chi connectivity index (χ1) is 15.1. The van der Waals surface area contributed by atoms with Crippen LogP contribution in [0.5, 0.6) is 0 Å². The molecule has 1 aromatic rings. The second kappa shape index (κ2) is 10.4. The van der Waals surface area contributed by atoms with Crippen molar-refractivity contribution in [2.45, 2.75) is 83.5 Å². The molecule has 0 heterocycles. The van der Waals surface area contributed by atoms with Gasteiger partial charge in [0.2, 0.25) is 0 Å². The molecule has 31 heavy (non-hydrogen) atoms. The Hall–Kier alpha value is -0.890. The van der Waals surface area contributed by atoms with E-state index in [1.807, 2.05) is 13.8 Å². The van der Waals surface area contributed by atoms with Crippen molar-refractivity contribution in [1.82, 2.24) is 0 Å². The van der Waals surface area contributed by atoms with Gasteiger partial charge in [-0.15, -0.1) is 0 Å². The summed E-state index contributed by atoms with van der Waals surface area (Å²) in [4.78, 5) is 0. The highest BCUT2D eigenvalue weighted by Gasteiger charge is 2.54. The molecule has 2 saturated carbocycles. The number of rotatable bonds is 8. The molecule has 3 aliphatic rings. The van der Waals surface area contributed by atoms with Gasteiger partial charge in [-0.05, 0) is 68.4 Å². The van der Waals surface area contributed by atoms with Crippen LogP contribution in [0, 0.1) is 17.8 Å². The Morgan fingerprint density at radius 3 is 1.97 bits per heavy atom. The summed E-state index contributed by atoms with van der Waals surface area (Å²) in [7, 11) is -3.13. The number of allylic oxidation sites excluding steroid dienone is 1. The fourth-order valence-corrected chi connectivity index (χ4v) is 9.12. The molecule has 1 aromatic carbocycles. The maximum absolute atomic E-state index is 13.8. The fourth-order valence-electron chi connectivity index (χ4n) is 7.14. The van der Waals surface area contributed by atoms with E-state index in [2.05, 4.69) is 36.4 Å². The first kappa shape index (κ1) is 23.3. The lowest BCUT2D eigenvalue weighted by Gasteiger charge is -2.55. The lowest BCUT2D eigenvalue weighted by molar-refractivity contribution is 0.0625. The van der Waals surface area contributed by atoms with Crippen LogP contribution in [-0.2, 0) is 19.0 Å². The summed E-state index contributed by atoms with van der Waals surface area (Å²) in [6, 6.07) is 9.07. The number of fused-ring (bicyclic) bond motifs is 1. The van der Waals surface area contributed by atoms with Crippen LogP contribution in [-0.4, -0.2) is 19.4 Å². The third-order valence-corrected chi connectivity index (χ3v) is 10.3. The summed E-state index contributed by atoms with van der Waals surface area (Å²) >= 11 is 0. The molecule has 1 unspecified atom stereocenters. The molecule has 1 atom stereocenters. The van der Waals surface area contributed by atoms with Gasteiger partial charge in [-0.3, -0.25) is 4.57 Å². The highest BCUT2D eigenvalue weighted by atomic mass is 31.2. The first-order valence-corrected chi connectivity index (χ1v) is 14.5. The van der Waals surface area contributed by atoms with Gasteiger partial charge in [0.1, 0.15) is 0 Å². The fraction of sp³-hybridized carbons (Fsp3) is 0.704. The Morgan fingerprint density at radius 1 is 0.871 bits per heavy atom. The predicted octanol–water partition coefficient (Wildman–Crippen LogP) is 7.99. The van der Waals surface area contributed by atoms with Gasteiger partial charge in [0.05, 0.1) is 19.4 Å². The normalized spacial score (nSPS) is 24.8. The molecule has 2 fully saturated rings. The van der Waals surface area contributed by atoms with Crippen molar-refractivity contribution < 1.29 is 13.6 Å². The van der Waals surface area contributed by atoms with E-state index in [1.54, 1.807) is 0 Å². The third-order valence-electron chi connectivity index (χ3n) is 8.18. The summed E-state index contributed by atoms with van der Waals surface area (Å²) in [6.45, 7) is 4.72. The number of hydrogen-bond donors (Lipinski definition) is 0. The van der Waals surface area contributed by atoms with Crippen molar-refractivity contribution in [3.8, 4) is 0 Å². The smallest absolute Gasteiger partial charge is 0.309 e. The largest absolute Gasteiger partial charge is 0.331 e. The van der Waals surface area contributed by atoms with E-state index < -0.39 is 7.60 Å². The van der Waals surface area contributed by atoms with Gasteiger partial charge in [0.25, 0.3) is 0 Å². The molecule has 0 amide bonds. The lowest BCUT2D eigenvalue weighted by atomic mass is 9.49. The Kier molecular flexibility index (Phi) is 7.78. The van der Waals surface area contributed by atoms with E-state index in [0.717, 1.165) is 0 Å². The minimum Gasteiger partial charge on any atom is -0.309 e. The highest BCUT2D eigenvalue weighted by Crippen LogP contribution is 2.61. The molecular weight excluding hydrogens is 403 g/mol. The molecule has 3 nitrogen and oxygen atoms in total. The van der Waals surface area contributed by atoms with Crippen LogP contribution in [0.4, 0.5) is 0 Å². The molecule has 172 valence electrons. The van der Waals surface area contributed by atoms with Crippen LogP contribution in [0.25, 0.3) is 6.08 Å². The van der Waals surface area contributed by atoms with Gasteiger partial charge in [-0.25, -0.2) is 0 Å². The van der Waals surface area contributed by atoms with E-state index in [-0.39, 0.29) is 11.3 Å². The second-order valence-corrected chi connectivity index (χ2v) is 11.9. The van der Waals surface area contributed by atoms with Crippen molar-refractivity contribution in [1.29, 1.82) is 0 Å². The van der Waals surface area contributed by atoms with Gasteiger partial charge >= 0.3 is 7.60 Å². The summed E-state index contributed by atoms with van der Waals surface area (Å²) in [6.07, 6.45) is 18.4. The molecule has 4 rings (SSSR count). The second-order valence-electron chi connectivity index (χ2n) is 9.78. The Balaban J connectivity index is 1.84. The number of hydrogen-bond acceptors (Lipinski definition) is 3. The molecule has 0 spiro atoms.